The lowest BCUT2D eigenvalue weighted by Crippen LogP contribution is -2.38. The van der Waals surface area contributed by atoms with Crippen molar-refractivity contribution in [1.82, 2.24) is 9.62 Å². The summed E-state index contributed by atoms with van der Waals surface area (Å²) in [5.74, 6) is 0. The van der Waals surface area contributed by atoms with Crippen molar-refractivity contribution in [1.29, 1.82) is 0 Å². The Hall–Kier alpha value is 0.0500. The van der Waals surface area contributed by atoms with Crippen molar-refractivity contribution in [3.8, 4) is 0 Å². The lowest BCUT2D eigenvalue weighted by molar-refractivity contribution is 0.418. The van der Waals surface area contributed by atoms with E-state index >= 15 is 0 Å². The van der Waals surface area contributed by atoms with Crippen LogP contribution < -0.4 is 5.32 Å². The van der Waals surface area contributed by atoms with E-state index in [-0.39, 0.29) is 6.04 Å². The smallest absolute Gasteiger partial charge is 0.252 e. The second kappa shape index (κ2) is 5.36. The fourth-order valence-corrected chi connectivity index (χ4v) is 5.35. The first-order valence-corrected chi connectivity index (χ1v) is 8.50. The average molecular weight is 339 g/mol. The summed E-state index contributed by atoms with van der Waals surface area (Å²) < 4.78 is 27.1. The molecule has 96 valence electrons. The molecular weight excluding hydrogens is 324 g/mol. The predicted octanol–water partition coefficient (Wildman–Crippen LogP) is 1.88. The molecule has 1 N–H and O–H groups in total. The maximum Gasteiger partial charge on any atom is 0.252 e. The summed E-state index contributed by atoms with van der Waals surface area (Å²) in [7, 11) is -1.68. The minimum absolute atomic E-state index is 0.290. The van der Waals surface area contributed by atoms with E-state index < -0.39 is 10.0 Å². The van der Waals surface area contributed by atoms with Crippen LogP contribution in [-0.2, 0) is 10.0 Å². The molecule has 2 heterocycles. The minimum Gasteiger partial charge on any atom is -0.313 e. The molecule has 1 aromatic rings. The van der Waals surface area contributed by atoms with Gasteiger partial charge in [-0.3, -0.25) is 0 Å². The molecule has 1 aliphatic heterocycles. The van der Waals surface area contributed by atoms with Crippen molar-refractivity contribution >= 4 is 37.3 Å². The highest BCUT2D eigenvalue weighted by Gasteiger charge is 2.26. The van der Waals surface area contributed by atoms with Crippen molar-refractivity contribution in [2.45, 2.75) is 23.1 Å². The van der Waals surface area contributed by atoms with Crippen molar-refractivity contribution in [3.05, 3.63) is 15.9 Å². The van der Waals surface area contributed by atoms with E-state index in [4.69, 9.17) is 0 Å². The Morgan fingerprint density at radius 1 is 1.59 bits per heavy atom. The summed E-state index contributed by atoms with van der Waals surface area (Å²) in [5.41, 5.74) is 0. The lowest BCUT2D eigenvalue weighted by Gasteiger charge is -2.20. The topological polar surface area (TPSA) is 49.4 Å². The molecule has 0 amide bonds. The number of hydrogen-bond acceptors (Lipinski definition) is 4. The quantitative estimate of drug-likeness (QED) is 0.911. The Bertz CT molecular complexity index is 480. The van der Waals surface area contributed by atoms with Gasteiger partial charge in [-0.25, -0.2) is 8.42 Å². The summed E-state index contributed by atoms with van der Waals surface area (Å²) in [6.45, 7) is 1.53. The maximum absolute atomic E-state index is 12.2. The molecule has 0 saturated carbocycles. The third-order valence-electron chi connectivity index (χ3n) is 2.85. The van der Waals surface area contributed by atoms with Crippen LogP contribution >= 0.6 is 27.3 Å². The molecule has 0 radical (unpaired) electrons. The summed E-state index contributed by atoms with van der Waals surface area (Å²) >= 11 is 4.53. The maximum atomic E-state index is 12.2. The molecular formula is C10H15BrN2O2S2. The summed E-state index contributed by atoms with van der Waals surface area (Å²) in [6, 6.07) is 3.69. The summed E-state index contributed by atoms with van der Waals surface area (Å²) in [4.78, 5) is 0. The van der Waals surface area contributed by atoms with Crippen LogP contribution in [0.25, 0.3) is 0 Å². The van der Waals surface area contributed by atoms with E-state index in [9.17, 15) is 8.42 Å². The van der Waals surface area contributed by atoms with Gasteiger partial charge in [-0.15, -0.1) is 11.3 Å². The van der Waals surface area contributed by atoms with Gasteiger partial charge in [0.05, 0.1) is 3.79 Å². The predicted molar refractivity (Wildman–Crippen MR) is 72.9 cm³/mol. The van der Waals surface area contributed by atoms with Crippen molar-refractivity contribution in [3.63, 3.8) is 0 Å². The average Bonchev–Trinajstić information content (AvgIpc) is 2.89. The van der Waals surface area contributed by atoms with Crippen molar-refractivity contribution < 1.29 is 8.42 Å². The highest BCUT2D eigenvalue weighted by molar-refractivity contribution is 9.11. The Labute approximate surface area is 114 Å². The van der Waals surface area contributed by atoms with Crippen LogP contribution in [0.15, 0.2) is 20.1 Å². The SMILES string of the molecule is CN(C[C@@H]1CCCN1)S(=O)(=O)c1ccc(Br)s1. The molecule has 7 heteroatoms. The summed E-state index contributed by atoms with van der Waals surface area (Å²) in [5, 5.41) is 3.30. The zero-order chi connectivity index (χ0) is 12.5. The first kappa shape index (κ1) is 13.5. The Kier molecular flexibility index (Phi) is 4.25. The number of likely N-dealkylation sites (N-methyl/N-ethyl adjacent to an activating group) is 1. The fourth-order valence-electron chi connectivity index (χ4n) is 1.91. The molecule has 0 aromatic carbocycles. The zero-order valence-corrected chi connectivity index (χ0v) is 12.7. The first-order chi connectivity index (χ1) is 8.00. The number of halogens is 1. The van der Waals surface area contributed by atoms with Crippen LogP contribution in [0.3, 0.4) is 0 Å². The monoisotopic (exact) mass is 338 g/mol. The molecule has 1 aromatic heterocycles. The molecule has 1 atom stereocenters. The lowest BCUT2D eigenvalue weighted by atomic mass is 10.2. The molecule has 0 spiro atoms. The third kappa shape index (κ3) is 3.08. The van der Waals surface area contributed by atoms with Crippen molar-refractivity contribution in [2.24, 2.45) is 0 Å². The molecule has 1 aliphatic rings. The molecule has 17 heavy (non-hydrogen) atoms. The molecule has 0 unspecified atom stereocenters. The van der Waals surface area contributed by atoms with E-state index in [1.807, 2.05) is 0 Å². The van der Waals surface area contributed by atoms with Crippen LogP contribution in [0, 0.1) is 0 Å². The number of sulfonamides is 1. The fraction of sp³-hybridized carbons (Fsp3) is 0.600. The van der Waals surface area contributed by atoms with Gasteiger partial charge in [-0.05, 0) is 47.4 Å². The normalized spacial score (nSPS) is 21.2. The van der Waals surface area contributed by atoms with Gasteiger partial charge >= 0.3 is 0 Å². The number of nitrogens with zero attached hydrogens (tertiary/aromatic N) is 1. The van der Waals surface area contributed by atoms with Crippen LogP contribution in [0.2, 0.25) is 0 Å². The van der Waals surface area contributed by atoms with E-state index in [0.29, 0.717) is 10.8 Å². The highest BCUT2D eigenvalue weighted by Crippen LogP contribution is 2.28. The van der Waals surface area contributed by atoms with E-state index in [2.05, 4.69) is 21.2 Å². The van der Waals surface area contributed by atoms with Crippen LogP contribution in [-0.4, -0.2) is 38.9 Å². The molecule has 4 nitrogen and oxygen atoms in total. The summed E-state index contributed by atoms with van der Waals surface area (Å²) in [6.07, 6.45) is 2.18. The van der Waals surface area contributed by atoms with Gasteiger partial charge in [-0.1, -0.05) is 0 Å². The second-order valence-corrected chi connectivity index (χ2v) is 8.87. The molecule has 0 bridgehead atoms. The van der Waals surface area contributed by atoms with Gasteiger partial charge in [0.1, 0.15) is 4.21 Å². The Morgan fingerprint density at radius 2 is 2.35 bits per heavy atom. The molecule has 1 saturated heterocycles. The van der Waals surface area contributed by atoms with E-state index in [0.717, 1.165) is 23.2 Å². The minimum atomic E-state index is -3.32. The Morgan fingerprint density at radius 3 is 2.88 bits per heavy atom. The number of thiophene rings is 1. The van der Waals surface area contributed by atoms with Gasteiger partial charge in [-0.2, -0.15) is 4.31 Å². The third-order valence-corrected chi connectivity index (χ3v) is 6.77. The largest absolute Gasteiger partial charge is 0.313 e. The van der Waals surface area contributed by atoms with E-state index in [1.54, 1.807) is 19.2 Å². The highest BCUT2D eigenvalue weighted by atomic mass is 79.9. The van der Waals surface area contributed by atoms with Gasteiger partial charge in [0.25, 0.3) is 10.0 Å². The molecule has 0 aliphatic carbocycles. The molecule has 1 fully saturated rings. The van der Waals surface area contributed by atoms with E-state index in [1.165, 1.54) is 15.6 Å². The van der Waals surface area contributed by atoms with Crippen LogP contribution in [0.5, 0.6) is 0 Å². The number of rotatable bonds is 4. The first-order valence-electron chi connectivity index (χ1n) is 5.45. The van der Waals surface area contributed by atoms with Crippen LogP contribution in [0.1, 0.15) is 12.8 Å². The number of nitrogens with one attached hydrogen (secondary N) is 1. The van der Waals surface area contributed by atoms with Crippen LogP contribution in [0.4, 0.5) is 0 Å². The van der Waals surface area contributed by atoms with Crippen molar-refractivity contribution in [2.75, 3.05) is 20.1 Å². The standard InChI is InChI=1S/C10H15BrN2O2S2/c1-13(7-8-3-2-6-12-8)17(14,15)10-5-4-9(11)16-10/h4-5,8,12H,2-3,6-7H2,1H3/t8-/m0/s1. The van der Waals surface area contributed by atoms with Gasteiger partial charge in [0.15, 0.2) is 0 Å². The van der Waals surface area contributed by atoms with Gasteiger partial charge < -0.3 is 5.32 Å². The van der Waals surface area contributed by atoms with Gasteiger partial charge in [0.2, 0.25) is 0 Å². The number of hydrogen-bond donors (Lipinski definition) is 1. The van der Waals surface area contributed by atoms with Gasteiger partial charge in [0, 0.05) is 19.6 Å². The second-order valence-electron chi connectivity index (χ2n) is 4.14. The zero-order valence-electron chi connectivity index (χ0n) is 9.52. The molecule has 2 rings (SSSR count). The Balaban J connectivity index is 2.09.